The van der Waals surface area contributed by atoms with Crippen molar-refractivity contribution in [1.29, 1.82) is 0 Å². The summed E-state index contributed by atoms with van der Waals surface area (Å²) in [6.07, 6.45) is -3.15. The zero-order valence-electron chi connectivity index (χ0n) is 13.7. The number of halogens is 4. The number of H-pyrrole nitrogens is 1. The molecule has 1 aromatic heterocycles. The van der Waals surface area contributed by atoms with Crippen molar-refractivity contribution in [1.82, 2.24) is 14.5 Å². The molecule has 2 aromatic rings. The van der Waals surface area contributed by atoms with Gasteiger partial charge in [0.25, 0.3) is 5.56 Å². The van der Waals surface area contributed by atoms with E-state index in [1.165, 1.54) is 10.5 Å². The van der Waals surface area contributed by atoms with E-state index in [-0.39, 0.29) is 36.1 Å². The predicted octanol–water partition coefficient (Wildman–Crippen LogP) is 1.95. The molecule has 1 saturated heterocycles. The lowest BCUT2D eigenvalue weighted by Crippen LogP contribution is -2.49. The Balaban J connectivity index is 1.75. The second-order valence-electron chi connectivity index (χ2n) is 5.81. The molecule has 0 spiro atoms. The molecule has 0 atom stereocenters. The molecular weight excluding hydrogens is 409 g/mol. The van der Waals surface area contributed by atoms with Gasteiger partial charge in [0.1, 0.15) is 5.02 Å². The molecule has 2 heterocycles. The zero-order valence-corrected chi connectivity index (χ0v) is 15.3. The summed E-state index contributed by atoms with van der Waals surface area (Å²) in [5.74, 6) is 0. The van der Waals surface area contributed by atoms with Gasteiger partial charge in [0.15, 0.2) is 0 Å². The molecule has 12 heteroatoms. The van der Waals surface area contributed by atoms with Crippen LogP contribution >= 0.6 is 11.6 Å². The first-order valence-electron chi connectivity index (χ1n) is 7.76. The van der Waals surface area contributed by atoms with Gasteiger partial charge in [-0.2, -0.15) is 22.6 Å². The maximum absolute atomic E-state index is 12.6. The minimum Gasteiger partial charge on any atom is -0.366 e. The molecule has 0 unspecified atom stereocenters. The number of hydrogen-bond acceptors (Lipinski definition) is 5. The molecule has 146 valence electrons. The fourth-order valence-electron chi connectivity index (χ4n) is 2.73. The molecule has 1 aliphatic rings. The number of nitrogens with zero attached hydrogens (tertiary/aromatic N) is 3. The third-order valence-electron chi connectivity index (χ3n) is 4.18. The lowest BCUT2D eigenvalue weighted by Gasteiger charge is -2.35. The summed E-state index contributed by atoms with van der Waals surface area (Å²) in [6.45, 7) is 0.689. The van der Waals surface area contributed by atoms with Crippen molar-refractivity contribution in [2.75, 3.05) is 31.1 Å². The van der Waals surface area contributed by atoms with Crippen molar-refractivity contribution in [3.05, 3.63) is 51.4 Å². The van der Waals surface area contributed by atoms with Crippen molar-refractivity contribution >= 4 is 27.3 Å². The largest absolute Gasteiger partial charge is 0.416 e. The molecule has 0 amide bonds. The van der Waals surface area contributed by atoms with Gasteiger partial charge < -0.3 is 4.90 Å². The van der Waals surface area contributed by atoms with E-state index in [1.54, 1.807) is 4.90 Å². The topological polar surface area (TPSA) is 86.4 Å². The van der Waals surface area contributed by atoms with E-state index in [0.717, 1.165) is 24.3 Å². The molecule has 1 aromatic carbocycles. The van der Waals surface area contributed by atoms with Crippen molar-refractivity contribution < 1.29 is 21.6 Å². The third-order valence-corrected chi connectivity index (χ3v) is 6.45. The first kappa shape index (κ1) is 19.6. The Bertz CT molecular complexity index is 985. The number of rotatable bonds is 3. The smallest absolute Gasteiger partial charge is 0.366 e. The first-order valence-corrected chi connectivity index (χ1v) is 9.58. The summed E-state index contributed by atoms with van der Waals surface area (Å²) < 4.78 is 64.4. The third kappa shape index (κ3) is 3.94. The molecule has 0 bridgehead atoms. The number of nitrogens with one attached hydrogen (secondary N) is 1. The predicted molar refractivity (Wildman–Crippen MR) is 92.3 cm³/mol. The Morgan fingerprint density at radius 1 is 1.07 bits per heavy atom. The molecule has 1 N–H and O–H groups in total. The number of anilines is 1. The van der Waals surface area contributed by atoms with Crippen LogP contribution in [0, 0.1) is 0 Å². The van der Waals surface area contributed by atoms with Crippen LogP contribution in [0.1, 0.15) is 5.56 Å². The molecular formula is C15H14ClF3N4O3S. The zero-order chi connectivity index (χ0) is 19.8. The monoisotopic (exact) mass is 422 g/mol. The number of alkyl halides is 3. The standard InChI is InChI=1S/C15H14ClF3N4O3S/c16-13-12(9-20-21-14(13)24)22-5-7-23(8-6-22)27(25,26)11-3-1-10(2-4-11)15(17,18)19/h1-4,9H,5-8H2,(H,21,24). The molecule has 27 heavy (non-hydrogen) atoms. The quantitative estimate of drug-likeness (QED) is 0.817. The van der Waals surface area contributed by atoms with Gasteiger partial charge in [-0.3, -0.25) is 4.79 Å². The molecule has 0 aliphatic carbocycles. The Morgan fingerprint density at radius 3 is 2.22 bits per heavy atom. The number of aromatic nitrogens is 2. The van der Waals surface area contributed by atoms with E-state index in [1.807, 2.05) is 0 Å². The van der Waals surface area contributed by atoms with Gasteiger partial charge in [-0.05, 0) is 24.3 Å². The van der Waals surface area contributed by atoms with Crippen LogP contribution in [-0.4, -0.2) is 49.1 Å². The van der Waals surface area contributed by atoms with Crippen LogP contribution in [0.25, 0.3) is 0 Å². The van der Waals surface area contributed by atoms with Crippen LogP contribution in [-0.2, 0) is 16.2 Å². The van der Waals surface area contributed by atoms with Crippen LogP contribution in [0.2, 0.25) is 5.02 Å². The second kappa shape index (κ2) is 7.13. The van der Waals surface area contributed by atoms with E-state index in [0.29, 0.717) is 5.69 Å². The van der Waals surface area contributed by atoms with Crippen LogP contribution in [0.15, 0.2) is 40.2 Å². The summed E-state index contributed by atoms with van der Waals surface area (Å²) in [6, 6.07) is 3.37. The van der Waals surface area contributed by atoms with Gasteiger partial charge >= 0.3 is 6.18 Å². The Labute approximate surface area is 157 Å². The SMILES string of the molecule is O=c1[nH]ncc(N2CCN(S(=O)(=O)c3ccc(C(F)(F)F)cc3)CC2)c1Cl. The second-order valence-corrected chi connectivity index (χ2v) is 8.13. The summed E-state index contributed by atoms with van der Waals surface area (Å²) in [7, 11) is -3.93. The highest BCUT2D eigenvalue weighted by Crippen LogP contribution is 2.30. The van der Waals surface area contributed by atoms with Gasteiger partial charge in [-0.1, -0.05) is 11.6 Å². The number of sulfonamides is 1. The van der Waals surface area contributed by atoms with E-state index in [2.05, 4.69) is 10.2 Å². The van der Waals surface area contributed by atoms with Crippen molar-refractivity contribution in [3.63, 3.8) is 0 Å². The Hall–Kier alpha value is -2.11. The number of piperazine rings is 1. The lowest BCUT2D eigenvalue weighted by molar-refractivity contribution is -0.137. The Kier molecular flexibility index (Phi) is 5.19. The number of aromatic amines is 1. The van der Waals surface area contributed by atoms with E-state index < -0.39 is 27.3 Å². The van der Waals surface area contributed by atoms with Crippen molar-refractivity contribution in [2.45, 2.75) is 11.1 Å². The van der Waals surface area contributed by atoms with E-state index >= 15 is 0 Å². The minimum absolute atomic E-state index is 0.0379. The lowest BCUT2D eigenvalue weighted by atomic mass is 10.2. The van der Waals surface area contributed by atoms with Crippen LogP contribution < -0.4 is 10.5 Å². The number of benzene rings is 1. The molecule has 7 nitrogen and oxygen atoms in total. The fraction of sp³-hybridized carbons (Fsp3) is 0.333. The number of hydrogen-bond donors (Lipinski definition) is 1. The van der Waals surface area contributed by atoms with Gasteiger partial charge in [0.2, 0.25) is 10.0 Å². The highest BCUT2D eigenvalue weighted by molar-refractivity contribution is 7.89. The van der Waals surface area contributed by atoms with Crippen LogP contribution in [0.4, 0.5) is 18.9 Å². The summed E-state index contributed by atoms with van der Waals surface area (Å²) in [5, 5.41) is 5.84. The van der Waals surface area contributed by atoms with E-state index in [4.69, 9.17) is 11.6 Å². The van der Waals surface area contributed by atoms with Gasteiger partial charge in [-0.25, -0.2) is 13.5 Å². The fourth-order valence-corrected chi connectivity index (χ4v) is 4.36. The summed E-state index contributed by atoms with van der Waals surface area (Å²) in [5.41, 5.74) is -1.07. The maximum Gasteiger partial charge on any atom is 0.416 e. The van der Waals surface area contributed by atoms with Crippen molar-refractivity contribution in [3.8, 4) is 0 Å². The maximum atomic E-state index is 12.6. The van der Waals surface area contributed by atoms with Gasteiger partial charge in [-0.15, -0.1) is 0 Å². The average Bonchev–Trinajstić information content (AvgIpc) is 2.63. The van der Waals surface area contributed by atoms with Crippen LogP contribution in [0.5, 0.6) is 0 Å². The summed E-state index contributed by atoms with van der Waals surface area (Å²) in [4.78, 5) is 13.0. The normalized spacial score (nSPS) is 16.5. The van der Waals surface area contributed by atoms with Gasteiger partial charge in [0.05, 0.1) is 22.3 Å². The first-order chi connectivity index (χ1) is 12.6. The summed E-state index contributed by atoms with van der Waals surface area (Å²) >= 11 is 5.95. The minimum atomic E-state index is -4.53. The van der Waals surface area contributed by atoms with Crippen molar-refractivity contribution in [2.24, 2.45) is 0 Å². The van der Waals surface area contributed by atoms with Gasteiger partial charge in [0, 0.05) is 26.2 Å². The highest BCUT2D eigenvalue weighted by Gasteiger charge is 2.33. The van der Waals surface area contributed by atoms with Crippen LogP contribution in [0.3, 0.4) is 0 Å². The molecule has 1 aliphatic heterocycles. The Morgan fingerprint density at radius 2 is 1.67 bits per heavy atom. The molecule has 1 fully saturated rings. The highest BCUT2D eigenvalue weighted by atomic mass is 35.5. The molecule has 0 saturated carbocycles. The van der Waals surface area contributed by atoms with E-state index in [9.17, 15) is 26.4 Å². The average molecular weight is 423 g/mol. The molecule has 3 rings (SSSR count). The molecule has 0 radical (unpaired) electrons.